The number of hydrogen-bond acceptors (Lipinski definition) is 5. The van der Waals surface area contributed by atoms with Crippen molar-refractivity contribution in [2.75, 3.05) is 0 Å². The lowest BCUT2D eigenvalue weighted by Gasteiger charge is -2.27. The summed E-state index contributed by atoms with van der Waals surface area (Å²) in [6.07, 6.45) is 0.672. The normalized spacial score (nSPS) is 18.4. The third-order valence-corrected chi connectivity index (χ3v) is 4.92. The van der Waals surface area contributed by atoms with E-state index in [1.165, 1.54) is 0 Å². The molecule has 126 valence electrons. The zero-order chi connectivity index (χ0) is 15.0. The van der Waals surface area contributed by atoms with Crippen LogP contribution in [0.25, 0.3) is 0 Å². The Hall–Kier alpha value is -1.27. The van der Waals surface area contributed by atoms with E-state index in [1.807, 2.05) is 49.6 Å². The fourth-order valence-electron chi connectivity index (χ4n) is 2.46. The fourth-order valence-corrected chi connectivity index (χ4v) is 3.28. The molecule has 3 rings (SSSR count). The standard InChI is InChI=1S/C16H19N3OS.2ClH/c1-3-12-15(17)19-11-9-10(6-7-13(11)20-12)16(2,18)14-5-4-8-21-14;;/h4-9,12H,3,18H2,1-2H3,(H2,17,19);2*1H. The maximum Gasteiger partial charge on any atom is 0.155 e. The van der Waals surface area contributed by atoms with Crippen molar-refractivity contribution in [1.29, 1.82) is 0 Å². The number of aliphatic imine (C=N–C) groups is 1. The highest BCUT2D eigenvalue weighted by molar-refractivity contribution is 7.10. The smallest absolute Gasteiger partial charge is 0.155 e. The summed E-state index contributed by atoms with van der Waals surface area (Å²) in [5.74, 6) is 1.29. The first kappa shape index (κ1) is 19.8. The van der Waals surface area contributed by atoms with E-state index in [-0.39, 0.29) is 30.9 Å². The van der Waals surface area contributed by atoms with Gasteiger partial charge in [0.15, 0.2) is 6.10 Å². The minimum atomic E-state index is -0.547. The summed E-state index contributed by atoms with van der Waals surface area (Å²) in [5.41, 5.74) is 13.7. The van der Waals surface area contributed by atoms with Crippen LogP contribution < -0.4 is 16.2 Å². The van der Waals surface area contributed by atoms with Gasteiger partial charge in [0.2, 0.25) is 0 Å². The molecule has 1 aliphatic rings. The molecule has 2 unspecified atom stereocenters. The molecule has 1 aromatic carbocycles. The number of benzene rings is 1. The molecule has 2 heterocycles. The molecule has 0 bridgehead atoms. The van der Waals surface area contributed by atoms with Gasteiger partial charge in [-0.25, -0.2) is 4.99 Å². The molecule has 23 heavy (non-hydrogen) atoms. The van der Waals surface area contributed by atoms with E-state index in [1.54, 1.807) is 11.3 Å². The molecule has 4 nitrogen and oxygen atoms in total. The lowest BCUT2D eigenvalue weighted by molar-refractivity contribution is 0.257. The molecule has 2 atom stereocenters. The number of halogens is 2. The molecule has 0 amide bonds. The molecule has 2 aromatic rings. The lowest BCUT2D eigenvalue weighted by Crippen LogP contribution is -2.36. The molecule has 0 saturated carbocycles. The predicted molar refractivity (Wildman–Crippen MR) is 102 cm³/mol. The molecule has 4 N–H and O–H groups in total. The Morgan fingerprint density at radius 2 is 2.04 bits per heavy atom. The molecule has 7 heteroatoms. The summed E-state index contributed by atoms with van der Waals surface area (Å²) >= 11 is 1.65. The summed E-state index contributed by atoms with van der Waals surface area (Å²) in [7, 11) is 0. The van der Waals surface area contributed by atoms with Crippen LogP contribution in [0.5, 0.6) is 5.75 Å². The number of amidine groups is 1. The Balaban J connectivity index is 0.00000132. The van der Waals surface area contributed by atoms with E-state index in [2.05, 4.69) is 4.99 Å². The van der Waals surface area contributed by atoms with Gasteiger partial charge in [-0.3, -0.25) is 0 Å². The van der Waals surface area contributed by atoms with Gasteiger partial charge in [-0.15, -0.1) is 36.2 Å². The van der Waals surface area contributed by atoms with Crippen LogP contribution in [0, 0.1) is 0 Å². The average molecular weight is 374 g/mol. The molecule has 0 spiro atoms. The minimum Gasteiger partial charge on any atom is -0.480 e. The van der Waals surface area contributed by atoms with Crippen LogP contribution in [0.4, 0.5) is 5.69 Å². The van der Waals surface area contributed by atoms with Crippen LogP contribution in [-0.2, 0) is 5.54 Å². The third-order valence-electron chi connectivity index (χ3n) is 3.81. The van der Waals surface area contributed by atoms with E-state index in [4.69, 9.17) is 16.2 Å². The maximum atomic E-state index is 6.51. The van der Waals surface area contributed by atoms with Gasteiger partial charge >= 0.3 is 0 Å². The summed E-state index contributed by atoms with van der Waals surface area (Å²) in [6.45, 7) is 4.03. The Labute approximate surface area is 152 Å². The van der Waals surface area contributed by atoms with Crippen LogP contribution in [-0.4, -0.2) is 11.9 Å². The van der Waals surface area contributed by atoms with Crippen molar-refractivity contribution in [3.8, 4) is 5.75 Å². The quantitative estimate of drug-likeness (QED) is 0.854. The topological polar surface area (TPSA) is 73.6 Å². The highest BCUT2D eigenvalue weighted by atomic mass is 35.5. The first-order valence-electron chi connectivity index (χ1n) is 7.00. The Kier molecular flexibility index (Phi) is 6.48. The number of thiophene rings is 1. The van der Waals surface area contributed by atoms with Crippen LogP contribution in [0.2, 0.25) is 0 Å². The van der Waals surface area contributed by atoms with Crippen LogP contribution in [0.3, 0.4) is 0 Å². The predicted octanol–water partition coefficient (Wildman–Crippen LogP) is 3.97. The van der Waals surface area contributed by atoms with Crippen LogP contribution in [0.15, 0.2) is 40.7 Å². The molecule has 0 aliphatic carbocycles. The number of nitrogens with two attached hydrogens (primary N) is 2. The fraction of sp³-hybridized carbons (Fsp3) is 0.312. The first-order valence-corrected chi connectivity index (χ1v) is 7.88. The van der Waals surface area contributed by atoms with Crippen molar-refractivity contribution in [1.82, 2.24) is 0 Å². The molecular weight excluding hydrogens is 353 g/mol. The Morgan fingerprint density at radius 3 is 2.65 bits per heavy atom. The van der Waals surface area contributed by atoms with Gasteiger partial charge in [0.1, 0.15) is 17.3 Å². The molecular formula is C16H21Cl2N3OS. The summed E-state index contributed by atoms with van der Waals surface area (Å²) in [5, 5.41) is 2.03. The van der Waals surface area contributed by atoms with Gasteiger partial charge in [-0.2, -0.15) is 0 Å². The first-order chi connectivity index (χ1) is 10.0. The lowest BCUT2D eigenvalue weighted by atomic mass is 9.91. The largest absolute Gasteiger partial charge is 0.480 e. The Morgan fingerprint density at radius 1 is 1.30 bits per heavy atom. The Bertz CT molecular complexity index is 687. The number of rotatable bonds is 3. The van der Waals surface area contributed by atoms with E-state index < -0.39 is 5.54 Å². The second-order valence-electron chi connectivity index (χ2n) is 5.41. The van der Waals surface area contributed by atoms with Gasteiger partial charge in [-0.1, -0.05) is 19.1 Å². The van der Waals surface area contributed by atoms with Gasteiger partial charge in [0.05, 0.1) is 5.54 Å². The maximum absolute atomic E-state index is 6.51. The number of hydrogen-bond donors (Lipinski definition) is 2. The SMILES string of the molecule is CCC1Oc2ccc(C(C)(N)c3cccs3)cc2N=C1N.Cl.Cl. The molecule has 1 aliphatic heterocycles. The van der Waals surface area contributed by atoms with Crippen molar-refractivity contribution in [2.45, 2.75) is 31.9 Å². The molecule has 0 radical (unpaired) electrons. The second kappa shape index (κ2) is 7.53. The molecule has 1 aromatic heterocycles. The van der Waals surface area contributed by atoms with E-state index in [0.29, 0.717) is 5.84 Å². The molecule has 0 fully saturated rings. The highest BCUT2D eigenvalue weighted by Gasteiger charge is 2.27. The van der Waals surface area contributed by atoms with E-state index >= 15 is 0 Å². The van der Waals surface area contributed by atoms with E-state index in [0.717, 1.165) is 28.3 Å². The van der Waals surface area contributed by atoms with Crippen LogP contribution >= 0.6 is 36.2 Å². The van der Waals surface area contributed by atoms with Crippen molar-refractivity contribution < 1.29 is 4.74 Å². The van der Waals surface area contributed by atoms with Crippen molar-refractivity contribution in [2.24, 2.45) is 16.5 Å². The van der Waals surface area contributed by atoms with Gasteiger partial charge < -0.3 is 16.2 Å². The van der Waals surface area contributed by atoms with Gasteiger partial charge in [0.25, 0.3) is 0 Å². The third kappa shape index (κ3) is 3.63. The van der Waals surface area contributed by atoms with Crippen molar-refractivity contribution >= 4 is 47.7 Å². The van der Waals surface area contributed by atoms with Gasteiger partial charge in [-0.05, 0) is 42.5 Å². The van der Waals surface area contributed by atoms with Crippen molar-refractivity contribution in [3.63, 3.8) is 0 Å². The molecule has 0 saturated heterocycles. The van der Waals surface area contributed by atoms with E-state index in [9.17, 15) is 0 Å². The summed E-state index contributed by atoms with van der Waals surface area (Å²) in [6, 6.07) is 9.96. The highest BCUT2D eigenvalue weighted by Crippen LogP contribution is 2.38. The average Bonchev–Trinajstić information content (AvgIpc) is 3.00. The zero-order valence-corrected chi connectivity index (χ0v) is 15.4. The summed E-state index contributed by atoms with van der Waals surface area (Å²) < 4.78 is 5.86. The second-order valence-corrected chi connectivity index (χ2v) is 6.36. The monoisotopic (exact) mass is 373 g/mol. The van der Waals surface area contributed by atoms with Gasteiger partial charge in [0, 0.05) is 4.88 Å². The number of ether oxygens (including phenoxy) is 1. The minimum absolute atomic E-state index is 0. The van der Waals surface area contributed by atoms with Crippen molar-refractivity contribution in [3.05, 3.63) is 46.2 Å². The van der Waals surface area contributed by atoms with Crippen LogP contribution in [0.1, 0.15) is 30.7 Å². The summed E-state index contributed by atoms with van der Waals surface area (Å²) in [4.78, 5) is 5.58. The number of fused-ring (bicyclic) bond motifs is 1. The zero-order valence-electron chi connectivity index (χ0n) is 13.0. The number of nitrogens with zero attached hydrogens (tertiary/aromatic N) is 1.